The molecule has 0 aliphatic carbocycles. The molecular formula is C18H19Cl3N2O2S2. The van der Waals surface area contributed by atoms with Crippen molar-refractivity contribution in [2.75, 3.05) is 44.4 Å². The highest BCUT2D eigenvalue weighted by atomic mass is 35.5. The van der Waals surface area contributed by atoms with Crippen LogP contribution in [0.4, 0.5) is 0 Å². The van der Waals surface area contributed by atoms with Gasteiger partial charge in [-0.3, -0.25) is 9.69 Å². The maximum absolute atomic E-state index is 12.9. The van der Waals surface area contributed by atoms with Crippen LogP contribution in [0.25, 0.3) is 10.1 Å². The molecule has 1 amide bonds. The fraction of sp³-hybridized carbons (Fsp3) is 0.500. The first-order chi connectivity index (χ1) is 13.0. The molecule has 3 heterocycles. The lowest BCUT2D eigenvalue weighted by Gasteiger charge is -2.43. The van der Waals surface area contributed by atoms with Gasteiger partial charge in [0.25, 0.3) is 5.91 Å². The first kappa shape index (κ1) is 20.1. The Labute approximate surface area is 181 Å². The molecule has 0 spiro atoms. The summed E-state index contributed by atoms with van der Waals surface area (Å²) in [7, 11) is 0. The fourth-order valence-electron chi connectivity index (χ4n) is 3.72. The fourth-order valence-corrected chi connectivity index (χ4v) is 7.49. The third-order valence-electron chi connectivity index (χ3n) is 5.20. The van der Waals surface area contributed by atoms with E-state index in [0.29, 0.717) is 31.9 Å². The molecule has 4 nitrogen and oxygen atoms in total. The maximum Gasteiger partial charge on any atom is 0.262 e. The van der Waals surface area contributed by atoms with Crippen LogP contribution in [0, 0.1) is 0 Å². The molecule has 27 heavy (non-hydrogen) atoms. The van der Waals surface area contributed by atoms with Crippen molar-refractivity contribution >= 4 is 73.9 Å². The highest BCUT2D eigenvalue weighted by molar-refractivity contribution is 7.99. The van der Waals surface area contributed by atoms with Crippen LogP contribution < -0.4 is 5.32 Å². The number of hydrogen-bond donors (Lipinski definition) is 1. The molecule has 9 heteroatoms. The quantitative estimate of drug-likeness (QED) is 0.704. The number of fused-ring (bicyclic) bond motifs is 1. The van der Waals surface area contributed by atoms with E-state index in [1.54, 1.807) is 12.1 Å². The monoisotopic (exact) mass is 464 g/mol. The number of thioether (sulfide) groups is 1. The van der Waals surface area contributed by atoms with E-state index in [0.717, 1.165) is 48.9 Å². The number of nitrogens with zero attached hydrogens (tertiary/aromatic N) is 1. The van der Waals surface area contributed by atoms with Crippen LogP contribution in [0.3, 0.4) is 0 Å². The minimum atomic E-state index is -0.155. The SMILES string of the molecule is O=C(NCC1(N2CCOCC2)CCSC1)c1sc2cc(Cl)cc(Cl)c2c1Cl. The standard InChI is InChI=1S/C18H19Cl3N2O2S2/c19-11-7-12(20)14-13(8-11)27-16(15(14)21)17(24)22-9-18(1-6-26-10-18)23-2-4-25-5-3-23/h7-8H,1-6,9-10H2,(H,22,24). The highest BCUT2D eigenvalue weighted by Crippen LogP contribution is 2.41. The summed E-state index contributed by atoms with van der Waals surface area (Å²) in [5, 5.41) is 5.22. The van der Waals surface area contributed by atoms with Crippen molar-refractivity contribution in [2.24, 2.45) is 0 Å². The first-order valence-electron chi connectivity index (χ1n) is 8.76. The van der Waals surface area contributed by atoms with Gasteiger partial charge in [-0.2, -0.15) is 11.8 Å². The van der Waals surface area contributed by atoms with Gasteiger partial charge in [0, 0.05) is 46.0 Å². The number of amides is 1. The summed E-state index contributed by atoms with van der Waals surface area (Å²) in [5.41, 5.74) is -0.00574. The predicted octanol–water partition coefficient (Wildman–Crippen LogP) is 4.80. The van der Waals surface area contributed by atoms with Crippen molar-refractivity contribution in [3.05, 3.63) is 32.1 Å². The Morgan fingerprint density at radius 1 is 1.26 bits per heavy atom. The van der Waals surface area contributed by atoms with Crippen LogP contribution in [0.5, 0.6) is 0 Å². The van der Waals surface area contributed by atoms with E-state index in [2.05, 4.69) is 10.2 Å². The van der Waals surface area contributed by atoms with Crippen LogP contribution in [0.1, 0.15) is 16.1 Å². The Hall–Kier alpha value is -0.210. The lowest BCUT2D eigenvalue weighted by molar-refractivity contribution is -0.0129. The lowest BCUT2D eigenvalue weighted by atomic mass is 9.95. The largest absolute Gasteiger partial charge is 0.379 e. The minimum absolute atomic E-state index is 0.00574. The van der Waals surface area contributed by atoms with E-state index in [1.807, 2.05) is 11.8 Å². The van der Waals surface area contributed by atoms with E-state index in [4.69, 9.17) is 39.5 Å². The van der Waals surface area contributed by atoms with Crippen molar-refractivity contribution < 1.29 is 9.53 Å². The molecule has 0 radical (unpaired) electrons. The summed E-state index contributed by atoms with van der Waals surface area (Å²) in [6.07, 6.45) is 1.07. The van der Waals surface area contributed by atoms with Gasteiger partial charge >= 0.3 is 0 Å². The van der Waals surface area contributed by atoms with Crippen LogP contribution in [-0.4, -0.2) is 60.7 Å². The summed E-state index contributed by atoms with van der Waals surface area (Å²) in [5.74, 6) is 1.98. The highest BCUT2D eigenvalue weighted by Gasteiger charge is 2.41. The van der Waals surface area contributed by atoms with Gasteiger partial charge in [0.05, 0.1) is 23.3 Å². The zero-order chi connectivity index (χ0) is 19.0. The number of benzene rings is 1. The summed E-state index contributed by atoms with van der Waals surface area (Å²) in [6.45, 7) is 3.93. The smallest absolute Gasteiger partial charge is 0.262 e. The molecular weight excluding hydrogens is 447 g/mol. The van der Waals surface area contributed by atoms with Crippen molar-refractivity contribution in [1.29, 1.82) is 0 Å². The number of halogens is 3. The van der Waals surface area contributed by atoms with Gasteiger partial charge in [0.15, 0.2) is 0 Å². The molecule has 0 bridgehead atoms. The van der Waals surface area contributed by atoms with Crippen molar-refractivity contribution in [2.45, 2.75) is 12.0 Å². The molecule has 1 aromatic heterocycles. The molecule has 146 valence electrons. The Kier molecular flexibility index (Phi) is 6.15. The average Bonchev–Trinajstić information content (AvgIpc) is 3.26. The Morgan fingerprint density at radius 2 is 2.04 bits per heavy atom. The summed E-state index contributed by atoms with van der Waals surface area (Å²) < 4.78 is 6.32. The second-order valence-corrected chi connectivity index (χ2v) is 10.2. The molecule has 2 fully saturated rings. The number of carbonyl (C=O) groups excluding carboxylic acids is 1. The van der Waals surface area contributed by atoms with Crippen LogP contribution in [0.15, 0.2) is 12.1 Å². The second kappa shape index (κ2) is 8.27. The molecule has 1 aromatic carbocycles. The number of ether oxygens (including phenoxy) is 1. The molecule has 1 N–H and O–H groups in total. The van der Waals surface area contributed by atoms with E-state index in [9.17, 15) is 4.79 Å². The Balaban J connectivity index is 1.54. The third-order valence-corrected chi connectivity index (χ3v) is 8.57. The van der Waals surface area contributed by atoms with Crippen molar-refractivity contribution in [1.82, 2.24) is 10.2 Å². The van der Waals surface area contributed by atoms with Crippen LogP contribution in [0.2, 0.25) is 15.1 Å². The summed E-state index contributed by atoms with van der Waals surface area (Å²) >= 11 is 22.1. The van der Waals surface area contributed by atoms with Crippen LogP contribution >= 0.6 is 57.9 Å². The number of carbonyl (C=O) groups is 1. The zero-order valence-electron chi connectivity index (χ0n) is 14.5. The average molecular weight is 466 g/mol. The lowest BCUT2D eigenvalue weighted by Crippen LogP contribution is -2.59. The molecule has 1 unspecified atom stereocenters. The summed E-state index contributed by atoms with van der Waals surface area (Å²) in [6, 6.07) is 3.44. The molecule has 2 saturated heterocycles. The zero-order valence-corrected chi connectivity index (χ0v) is 18.4. The van der Waals surface area contributed by atoms with E-state index >= 15 is 0 Å². The van der Waals surface area contributed by atoms with Gasteiger partial charge in [0.2, 0.25) is 0 Å². The first-order valence-corrected chi connectivity index (χ1v) is 11.9. The van der Waals surface area contributed by atoms with E-state index in [-0.39, 0.29) is 11.4 Å². The number of hydrogen-bond acceptors (Lipinski definition) is 5. The minimum Gasteiger partial charge on any atom is -0.379 e. The van der Waals surface area contributed by atoms with Gasteiger partial charge < -0.3 is 10.1 Å². The number of nitrogens with one attached hydrogen (secondary N) is 1. The second-order valence-electron chi connectivity index (χ2n) is 6.81. The van der Waals surface area contributed by atoms with Gasteiger partial charge in [0.1, 0.15) is 4.88 Å². The predicted molar refractivity (Wildman–Crippen MR) is 116 cm³/mol. The molecule has 2 aromatic rings. The maximum atomic E-state index is 12.9. The molecule has 4 rings (SSSR count). The van der Waals surface area contributed by atoms with E-state index in [1.165, 1.54) is 11.3 Å². The van der Waals surface area contributed by atoms with Crippen LogP contribution in [-0.2, 0) is 4.74 Å². The van der Waals surface area contributed by atoms with Crippen molar-refractivity contribution in [3.8, 4) is 0 Å². The topological polar surface area (TPSA) is 41.6 Å². The summed E-state index contributed by atoms with van der Waals surface area (Å²) in [4.78, 5) is 15.9. The molecule has 1 atom stereocenters. The Morgan fingerprint density at radius 3 is 2.74 bits per heavy atom. The number of thiophene rings is 1. The van der Waals surface area contributed by atoms with E-state index < -0.39 is 0 Å². The molecule has 0 saturated carbocycles. The van der Waals surface area contributed by atoms with Crippen molar-refractivity contribution in [3.63, 3.8) is 0 Å². The van der Waals surface area contributed by atoms with Gasteiger partial charge in [-0.05, 0) is 24.3 Å². The molecule has 2 aliphatic heterocycles. The third kappa shape index (κ3) is 3.95. The number of morpholine rings is 1. The Bertz CT molecular complexity index is 862. The van der Waals surface area contributed by atoms with Gasteiger partial charge in [-0.1, -0.05) is 34.8 Å². The normalized spacial score (nSPS) is 23.8. The number of rotatable bonds is 4. The molecule has 2 aliphatic rings. The van der Waals surface area contributed by atoms with Gasteiger partial charge in [-0.25, -0.2) is 0 Å². The van der Waals surface area contributed by atoms with Gasteiger partial charge in [-0.15, -0.1) is 11.3 Å².